The van der Waals surface area contributed by atoms with Gasteiger partial charge in [-0.15, -0.1) is 5.10 Å². The summed E-state index contributed by atoms with van der Waals surface area (Å²) in [6, 6.07) is 3.94. The van der Waals surface area contributed by atoms with E-state index in [-0.39, 0.29) is 30.9 Å². The Morgan fingerprint density at radius 2 is 2.00 bits per heavy atom. The number of halogens is 4. The van der Waals surface area contributed by atoms with Crippen molar-refractivity contribution in [1.29, 1.82) is 0 Å². The highest BCUT2D eigenvalue weighted by atomic mass is 19.3. The second-order valence-electron chi connectivity index (χ2n) is 9.12. The number of likely N-dealkylation sites (tertiary alicyclic amines) is 1. The fourth-order valence-electron chi connectivity index (χ4n) is 4.77. The number of aromatic nitrogens is 6. The molecule has 3 N–H and O–H groups in total. The number of alkyl halides is 4. The summed E-state index contributed by atoms with van der Waals surface area (Å²) in [6.07, 6.45) is -0.940. The van der Waals surface area contributed by atoms with Gasteiger partial charge in [-0.2, -0.15) is 4.98 Å². The summed E-state index contributed by atoms with van der Waals surface area (Å²) in [4.78, 5) is 14.8. The van der Waals surface area contributed by atoms with E-state index in [2.05, 4.69) is 25.4 Å². The molecule has 0 aliphatic carbocycles. The van der Waals surface area contributed by atoms with Crippen LogP contribution in [0.15, 0.2) is 24.4 Å². The van der Waals surface area contributed by atoms with E-state index in [1.54, 1.807) is 36.2 Å². The Kier molecular flexibility index (Phi) is 5.26. The van der Waals surface area contributed by atoms with Gasteiger partial charge in [0.05, 0.1) is 38.0 Å². The van der Waals surface area contributed by atoms with Gasteiger partial charge in [0, 0.05) is 18.3 Å². The second kappa shape index (κ2) is 8.27. The van der Waals surface area contributed by atoms with E-state index in [1.165, 1.54) is 9.08 Å². The van der Waals surface area contributed by atoms with E-state index >= 15 is 0 Å². The molecule has 2 fully saturated rings. The van der Waals surface area contributed by atoms with Gasteiger partial charge in [-0.3, -0.25) is 4.90 Å². The zero-order chi connectivity index (χ0) is 25.2. The van der Waals surface area contributed by atoms with Crippen molar-refractivity contribution in [1.82, 2.24) is 34.0 Å². The van der Waals surface area contributed by atoms with Crippen LogP contribution in [0.1, 0.15) is 5.82 Å². The highest BCUT2D eigenvalue weighted by Crippen LogP contribution is 2.33. The van der Waals surface area contributed by atoms with Crippen molar-refractivity contribution in [3.63, 3.8) is 0 Å². The monoisotopic (exact) mass is 505 g/mol. The SMILES string of the molecule is Cc1nc2ccc(-c3ccn4nc(N[C@@H]5CN(C6COC6)CC5(F)F)nc(N)c34)nc2n1CC(F)F. The maximum Gasteiger partial charge on any atom is 0.281 e. The molecule has 36 heavy (non-hydrogen) atoms. The minimum atomic E-state index is -2.97. The van der Waals surface area contributed by atoms with Gasteiger partial charge in [0.1, 0.15) is 22.9 Å². The molecule has 0 saturated carbocycles. The van der Waals surface area contributed by atoms with E-state index in [4.69, 9.17) is 10.5 Å². The molecule has 6 rings (SSSR count). The molecule has 190 valence electrons. The number of anilines is 2. The molecule has 0 unspecified atom stereocenters. The molecule has 14 heteroatoms. The minimum absolute atomic E-state index is 0.00576. The highest BCUT2D eigenvalue weighted by Gasteiger charge is 2.51. The summed E-state index contributed by atoms with van der Waals surface area (Å²) in [7, 11) is 0. The number of fused-ring (bicyclic) bond motifs is 2. The highest BCUT2D eigenvalue weighted by molar-refractivity contribution is 5.88. The first-order chi connectivity index (χ1) is 17.2. The van der Waals surface area contributed by atoms with Crippen molar-refractivity contribution < 1.29 is 22.3 Å². The number of hydrogen-bond acceptors (Lipinski definition) is 8. The maximum absolute atomic E-state index is 14.6. The number of hydrogen-bond donors (Lipinski definition) is 2. The predicted molar refractivity (Wildman–Crippen MR) is 123 cm³/mol. The predicted octanol–water partition coefficient (Wildman–Crippen LogP) is 2.43. The number of nitrogen functional groups attached to an aromatic ring is 1. The Morgan fingerprint density at radius 3 is 2.72 bits per heavy atom. The number of aryl methyl sites for hydroxylation is 1. The molecule has 1 atom stereocenters. The van der Waals surface area contributed by atoms with E-state index in [1.807, 2.05) is 0 Å². The molecule has 0 spiro atoms. The minimum Gasteiger partial charge on any atom is -0.382 e. The number of nitrogens with two attached hydrogens (primary N) is 1. The standard InChI is InChI=1S/C22H23F4N9O/c1-11-28-15-3-2-14(29-20(15)34(11)7-17(23)24)13-4-5-35-18(13)19(27)31-21(32-35)30-16-6-33(10-22(16,25)26)12-8-36-9-12/h2-5,12,16-17H,6-10H2,1H3,(H3,27,30,31,32)/t16-/m1/s1. The van der Waals surface area contributed by atoms with Gasteiger partial charge in [0.2, 0.25) is 5.95 Å². The first-order valence-corrected chi connectivity index (χ1v) is 11.4. The average molecular weight is 505 g/mol. The molecule has 0 bridgehead atoms. The van der Waals surface area contributed by atoms with Gasteiger partial charge in [-0.05, 0) is 25.1 Å². The van der Waals surface area contributed by atoms with E-state index < -0.39 is 24.9 Å². The Morgan fingerprint density at radius 1 is 1.19 bits per heavy atom. The quantitative estimate of drug-likeness (QED) is 0.385. The zero-order valence-electron chi connectivity index (χ0n) is 19.2. The van der Waals surface area contributed by atoms with Crippen molar-refractivity contribution in [2.24, 2.45) is 0 Å². The maximum atomic E-state index is 14.6. The fourth-order valence-corrected chi connectivity index (χ4v) is 4.77. The van der Waals surface area contributed by atoms with Crippen LogP contribution in [-0.4, -0.2) is 84.8 Å². The Balaban J connectivity index is 1.31. The lowest BCUT2D eigenvalue weighted by Crippen LogP contribution is -2.48. The number of pyridine rings is 1. The number of nitrogens with zero attached hydrogens (tertiary/aromatic N) is 7. The van der Waals surface area contributed by atoms with Gasteiger partial charge in [-0.25, -0.2) is 32.0 Å². The fraction of sp³-hybridized carbons (Fsp3) is 0.455. The molecule has 2 aliphatic heterocycles. The molecule has 0 amide bonds. The van der Waals surface area contributed by atoms with Crippen LogP contribution in [0.2, 0.25) is 0 Å². The molecule has 6 heterocycles. The van der Waals surface area contributed by atoms with Gasteiger partial charge >= 0.3 is 0 Å². The van der Waals surface area contributed by atoms with Crippen LogP contribution in [0, 0.1) is 6.92 Å². The van der Waals surface area contributed by atoms with Crippen molar-refractivity contribution in [3.05, 3.63) is 30.2 Å². The Bertz CT molecular complexity index is 1450. The van der Waals surface area contributed by atoms with Crippen LogP contribution in [-0.2, 0) is 11.3 Å². The summed E-state index contributed by atoms with van der Waals surface area (Å²) in [6.45, 7) is 1.80. The zero-order valence-corrected chi connectivity index (χ0v) is 19.2. The number of nitrogens with one attached hydrogen (secondary N) is 1. The Hall–Kier alpha value is -3.52. The lowest BCUT2D eigenvalue weighted by Gasteiger charge is -2.34. The van der Waals surface area contributed by atoms with Gasteiger partial charge in [0.25, 0.3) is 12.3 Å². The normalized spacial score (nSPS) is 20.6. The third-order valence-corrected chi connectivity index (χ3v) is 6.70. The van der Waals surface area contributed by atoms with E-state index in [0.717, 1.165) is 0 Å². The first kappa shape index (κ1) is 22.9. The summed E-state index contributed by atoms with van der Waals surface area (Å²) < 4.78 is 63.4. The molecule has 4 aromatic rings. The summed E-state index contributed by atoms with van der Waals surface area (Å²) in [5.74, 6) is -2.49. The van der Waals surface area contributed by atoms with Crippen LogP contribution in [0.25, 0.3) is 27.9 Å². The van der Waals surface area contributed by atoms with E-state index in [9.17, 15) is 17.6 Å². The second-order valence-corrected chi connectivity index (χ2v) is 9.12. The lowest BCUT2D eigenvalue weighted by molar-refractivity contribution is -0.0711. The molecule has 2 aliphatic rings. The smallest absolute Gasteiger partial charge is 0.281 e. The molecular weight excluding hydrogens is 482 g/mol. The van der Waals surface area contributed by atoms with Crippen LogP contribution >= 0.6 is 0 Å². The number of ether oxygens (including phenoxy) is 1. The molecule has 0 aromatic carbocycles. The summed E-state index contributed by atoms with van der Waals surface area (Å²) in [5.41, 5.74) is 8.52. The average Bonchev–Trinajstić information content (AvgIpc) is 3.41. The van der Waals surface area contributed by atoms with Gasteiger partial charge in [-0.1, -0.05) is 0 Å². The Labute approximate surface area is 202 Å². The van der Waals surface area contributed by atoms with E-state index in [0.29, 0.717) is 47.0 Å². The third kappa shape index (κ3) is 3.80. The third-order valence-electron chi connectivity index (χ3n) is 6.70. The van der Waals surface area contributed by atoms with Crippen molar-refractivity contribution in [2.45, 2.75) is 37.9 Å². The molecule has 4 aromatic heterocycles. The largest absolute Gasteiger partial charge is 0.382 e. The van der Waals surface area contributed by atoms with Crippen molar-refractivity contribution in [3.8, 4) is 11.3 Å². The van der Waals surface area contributed by atoms with Crippen LogP contribution in [0.5, 0.6) is 0 Å². The molecular formula is C22H23F4N9O. The van der Waals surface area contributed by atoms with Gasteiger partial charge in [0.15, 0.2) is 11.5 Å². The van der Waals surface area contributed by atoms with Crippen LogP contribution in [0.4, 0.5) is 29.3 Å². The van der Waals surface area contributed by atoms with Crippen LogP contribution in [0.3, 0.4) is 0 Å². The van der Waals surface area contributed by atoms with Crippen LogP contribution < -0.4 is 11.1 Å². The lowest BCUT2D eigenvalue weighted by atomic mass is 10.2. The molecule has 10 nitrogen and oxygen atoms in total. The van der Waals surface area contributed by atoms with Gasteiger partial charge < -0.3 is 20.4 Å². The number of imidazole rings is 1. The van der Waals surface area contributed by atoms with Crippen molar-refractivity contribution in [2.75, 3.05) is 37.4 Å². The topological polar surface area (TPSA) is 111 Å². The summed E-state index contributed by atoms with van der Waals surface area (Å²) in [5, 5.41) is 7.08. The molecule has 0 radical (unpaired) electrons. The molecule has 2 saturated heterocycles. The number of rotatable bonds is 6. The van der Waals surface area contributed by atoms with Crippen molar-refractivity contribution >= 4 is 28.4 Å². The first-order valence-electron chi connectivity index (χ1n) is 11.4. The summed E-state index contributed by atoms with van der Waals surface area (Å²) >= 11 is 0.